The van der Waals surface area contributed by atoms with Crippen LogP contribution >= 0.6 is 0 Å². The lowest BCUT2D eigenvalue weighted by Gasteiger charge is -2.11. The van der Waals surface area contributed by atoms with Gasteiger partial charge in [-0.2, -0.15) is 0 Å². The summed E-state index contributed by atoms with van der Waals surface area (Å²) >= 11 is 0. The van der Waals surface area contributed by atoms with E-state index in [0.717, 1.165) is 11.1 Å². The largest absolute Gasteiger partial charge is 0.288 e. The molecule has 0 aromatic heterocycles. The van der Waals surface area contributed by atoms with E-state index in [1.54, 1.807) is 19.1 Å². The molecule has 0 spiro atoms. The minimum atomic E-state index is -3.85. The maximum Gasteiger partial charge on any atom is 0.261 e. The first kappa shape index (κ1) is 15.2. The average molecular weight is 330 g/mol. The van der Waals surface area contributed by atoms with Crippen LogP contribution < -0.4 is 10.0 Å². The first-order valence-corrected chi connectivity index (χ1v) is 8.36. The molecule has 0 atom stereocenters. The molecule has 1 aliphatic heterocycles. The van der Waals surface area contributed by atoms with Crippen LogP contribution in [0.3, 0.4) is 0 Å². The molecule has 0 radical (unpaired) electrons. The van der Waals surface area contributed by atoms with Crippen LogP contribution in [0.2, 0.25) is 0 Å². The Bertz CT molecular complexity index is 949. The van der Waals surface area contributed by atoms with Gasteiger partial charge in [0.15, 0.2) is 0 Å². The summed E-state index contributed by atoms with van der Waals surface area (Å²) in [6, 6.07) is 9.22. The number of hydrogen-bond donors (Lipinski definition) is 2. The average Bonchev–Trinajstić information content (AvgIpc) is 2.77. The number of anilines is 1. The summed E-state index contributed by atoms with van der Waals surface area (Å²) < 4.78 is 27.5. The van der Waals surface area contributed by atoms with E-state index in [1.807, 2.05) is 13.0 Å². The summed E-state index contributed by atoms with van der Waals surface area (Å²) in [5, 5.41) is 2.13. The summed E-state index contributed by atoms with van der Waals surface area (Å²) in [4.78, 5) is 23.1. The molecule has 0 unspecified atom stereocenters. The Morgan fingerprint density at radius 1 is 0.913 bits per heavy atom. The molecule has 23 heavy (non-hydrogen) atoms. The molecule has 3 rings (SSSR count). The van der Waals surface area contributed by atoms with Gasteiger partial charge in [0.2, 0.25) is 0 Å². The van der Waals surface area contributed by atoms with Crippen LogP contribution in [0, 0.1) is 13.8 Å². The van der Waals surface area contributed by atoms with E-state index in [1.165, 1.54) is 18.2 Å². The molecular formula is C16H14N2O4S. The number of carbonyl (C=O) groups is 2. The zero-order chi connectivity index (χ0) is 16.8. The Kier molecular flexibility index (Phi) is 3.45. The van der Waals surface area contributed by atoms with Gasteiger partial charge in [0, 0.05) is 0 Å². The Morgan fingerprint density at radius 3 is 2.30 bits per heavy atom. The first-order chi connectivity index (χ1) is 10.8. The van der Waals surface area contributed by atoms with E-state index in [-0.39, 0.29) is 16.0 Å². The number of benzene rings is 2. The van der Waals surface area contributed by atoms with Gasteiger partial charge in [0.05, 0.1) is 21.7 Å². The van der Waals surface area contributed by atoms with E-state index in [0.29, 0.717) is 5.69 Å². The molecule has 0 saturated heterocycles. The Hall–Kier alpha value is -2.67. The van der Waals surface area contributed by atoms with Crippen molar-refractivity contribution < 1.29 is 18.0 Å². The van der Waals surface area contributed by atoms with Crippen molar-refractivity contribution in [3.63, 3.8) is 0 Å². The molecule has 2 aromatic carbocycles. The summed E-state index contributed by atoms with van der Waals surface area (Å²) in [5.74, 6) is -1.11. The zero-order valence-corrected chi connectivity index (χ0v) is 13.3. The van der Waals surface area contributed by atoms with Crippen molar-refractivity contribution in [3.8, 4) is 0 Å². The minimum Gasteiger partial charge on any atom is -0.288 e. The van der Waals surface area contributed by atoms with Crippen molar-refractivity contribution in [2.45, 2.75) is 18.7 Å². The molecule has 1 aliphatic rings. The summed E-state index contributed by atoms with van der Waals surface area (Å²) in [7, 11) is -3.85. The maximum atomic E-state index is 12.5. The van der Waals surface area contributed by atoms with Gasteiger partial charge in [-0.05, 0) is 43.7 Å². The van der Waals surface area contributed by atoms with E-state index >= 15 is 0 Å². The van der Waals surface area contributed by atoms with Crippen LogP contribution in [0.25, 0.3) is 0 Å². The highest BCUT2D eigenvalue weighted by Gasteiger charge is 2.28. The van der Waals surface area contributed by atoms with Crippen molar-refractivity contribution in [3.05, 3.63) is 58.7 Å². The number of rotatable bonds is 3. The van der Waals surface area contributed by atoms with Gasteiger partial charge in [-0.25, -0.2) is 8.42 Å². The minimum absolute atomic E-state index is 0.0681. The highest BCUT2D eigenvalue weighted by Crippen LogP contribution is 2.24. The van der Waals surface area contributed by atoms with Crippen molar-refractivity contribution >= 4 is 27.5 Å². The fraction of sp³-hybridized carbons (Fsp3) is 0.125. The van der Waals surface area contributed by atoms with Gasteiger partial charge in [-0.3, -0.25) is 19.6 Å². The SMILES string of the molecule is Cc1ccc(NS(=O)(=O)c2ccc3c(c2)C(=O)NC3=O)c(C)c1. The molecule has 2 N–H and O–H groups in total. The molecule has 118 valence electrons. The summed E-state index contributed by atoms with van der Waals surface area (Å²) in [5.41, 5.74) is 2.54. The van der Waals surface area contributed by atoms with Gasteiger partial charge < -0.3 is 0 Å². The van der Waals surface area contributed by atoms with Gasteiger partial charge in [-0.15, -0.1) is 0 Å². The third-order valence-electron chi connectivity index (χ3n) is 3.64. The number of aryl methyl sites for hydroxylation is 2. The highest BCUT2D eigenvalue weighted by molar-refractivity contribution is 7.92. The normalized spacial score (nSPS) is 13.7. The van der Waals surface area contributed by atoms with Gasteiger partial charge in [-0.1, -0.05) is 17.7 Å². The smallest absolute Gasteiger partial charge is 0.261 e. The van der Waals surface area contributed by atoms with Crippen molar-refractivity contribution in [1.82, 2.24) is 5.32 Å². The van der Waals surface area contributed by atoms with Crippen LogP contribution in [0.4, 0.5) is 5.69 Å². The fourth-order valence-electron chi connectivity index (χ4n) is 2.45. The Labute approximate surface area is 133 Å². The third-order valence-corrected chi connectivity index (χ3v) is 5.01. The van der Waals surface area contributed by atoms with E-state index in [9.17, 15) is 18.0 Å². The van der Waals surface area contributed by atoms with Crippen LogP contribution in [0.1, 0.15) is 31.8 Å². The summed E-state index contributed by atoms with van der Waals surface area (Å²) in [6.07, 6.45) is 0. The standard InChI is InChI=1S/C16H14N2O4S/c1-9-3-6-14(10(2)7-9)18-23(21,22)11-4-5-12-13(8-11)16(20)17-15(12)19/h3-8,18H,1-2H3,(H,17,19,20). The lowest BCUT2D eigenvalue weighted by atomic mass is 10.1. The second kappa shape index (κ2) is 5.20. The first-order valence-electron chi connectivity index (χ1n) is 6.88. The number of sulfonamides is 1. The monoisotopic (exact) mass is 330 g/mol. The van der Waals surface area contributed by atoms with Crippen molar-refractivity contribution in [2.24, 2.45) is 0 Å². The number of amides is 2. The molecule has 2 amide bonds. The molecule has 0 fully saturated rings. The molecule has 1 heterocycles. The Balaban J connectivity index is 1.99. The number of imide groups is 1. The van der Waals surface area contributed by atoms with Crippen LogP contribution in [-0.2, 0) is 10.0 Å². The van der Waals surface area contributed by atoms with Crippen LogP contribution in [0.5, 0.6) is 0 Å². The molecule has 2 aromatic rings. The quantitative estimate of drug-likeness (QED) is 0.842. The molecule has 7 heteroatoms. The number of nitrogens with one attached hydrogen (secondary N) is 2. The molecule has 6 nitrogen and oxygen atoms in total. The topological polar surface area (TPSA) is 92.3 Å². The van der Waals surface area contributed by atoms with Crippen LogP contribution in [0.15, 0.2) is 41.3 Å². The maximum absolute atomic E-state index is 12.5. The van der Waals surface area contributed by atoms with E-state index in [2.05, 4.69) is 10.0 Å². The lowest BCUT2D eigenvalue weighted by Crippen LogP contribution is -2.20. The van der Waals surface area contributed by atoms with Gasteiger partial charge >= 0.3 is 0 Å². The highest BCUT2D eigenvalue weighted by atomic mass is 32.2. The van der Waals surface area contributed by atoms with Crippen molar-refractivity contribution in [2.75, 3.05) is 4.72 Å². The Morgan fingerprint density at radius 2 is 1.61 bits per heavy atom. The number of carbonyl (C=O) groups excluding carboxylic acids is 2. The summed E-state index contributed by atoms with van der Waals surface area (Å²) in [6.45, 7) is 3.72. The zero-order valence-electron chi connectivity index (χ0n) is 12.5. The van der Waals surface area contributed by atoms with E-state index in [4.69, 9.17) is 0 Å². The number of hydrogen-bond acceptors (Lipinski definition) is 4. The van der Waals surface area contributed by atoms with Gasteiger partial charge in [0.25, 0.3) is 21.8 Å². The lowest BCUT2D eigenvalue weighted by molar-refractivity contribution is 0.0879. The predicted octanol–water partition coefficient (Wildman–Crippen LogP) is 1.99. The van der Waals surface area contributed by atoms with Crippen molar-refractivity contribution in [1.29, 1.82) is 0 Å². The van der Waals surface area contributed by atoms with E-state index < -0.39 is 21.8 Å². The van der Waals surface area contributed by atoms with Gasteiger partial charge in [0.1, 0.15) is 0 Å². The fourth-order valence-corrected chi connectivity index (χ4v) is 3.60. The molecule has 0 saturated carbocycles. The number of fused-ring (bicyclic) bond motifs is 1. The molecular weight excluding hydrogens is 316 g/mol. The molecule has 0 bridgehead atoms. The van der Waals surface area contributed by atoms with Crippen LogP contribution in [-0.4, -0.2) is 20.2 Å². The third kappa shape index (κ3) is 2.70. The predicted molar refractivity (Wildman–Crippen MR) is 85.0 cm³/mol. The molecule has 0 aliphatic carbocycles. The second-order valence-electron chi connectivity index (χ2n) is 5.41. The second-order valence-corrected chi connectivity index (χ2v) is 7.10.